The van der Waals surface area contributed by atoms with Crippen LogP contribution in [-0.4, -0.2) is 62.3 Å². The van der Waals surface area contributed by atoms with Crippen molar-refractivity contribution in [3.63, 3.8) is 0 Å². The second-order valence-corrected chi connectivity index (χ2v) is 18.2. The Kier molecular flexibility index (Phi) is 7.61. The summed E-state index contributed by atoms with van der Waals surface area (Å²) >= 11 is 0. The maximum atomic E-state index is 15.9. The zero-order chi connectivity index (χ0) is 30.7. The van der Waals surface area contributed by atoms with E-state index < -0.39 is 44.0 Å². The van der Waals surface area contributed by atoms with E-state index in [1.165, 1.54) is 10.6 Å². The van der Waals surface area contributed by atoms with Crippen molar-refractivity contribution < 1.29 is 31.6 Å². The third-order valence-corrected chi connectivity index (χ3v) is 9.38. The highest BCUT2D eigenvalue weighted by Gasteiger charge is 2.52. The molecule has 0 spiro atoms. The van der Waals surface area contributed by atoms with Crippen molar-refractivity contribution in [2.45, 2.75) is 77.5 Å². The minimum absolute atomic E-state index is 0.0323. The predicted octanol–water partition coefficient (Wildman–Crippen LogP) is 5.45. The normalized spacial score (nSPS) is 17.0. The van der Waals surface area contributed by atoms with Crippen LogP contribution >= 0.6 is 0 Å². The van der Waals surface area contributed by atoms with Gasteiger partial charge in [-0.3, -0.25) is 14.1 Å². The summed E-state index contributed by atoms with van der Waals surface area (Å²) in [5.41, 5.74) is -1.75. The average molecular weight is 604 g/mol. The van der Waals surface area contributed by atoms with Crippen molar-refractivity contribution in [2.75, 3.05) is 6.61 Å². The van der Waals surface area contributed by atoms with Crippen molar-refractivity contribution in [1.82, 2.24) is 29.3 Å². The minimum atomic E-state index is -4.66. The Hall–Kier alpha value is -3.14. The topological polar surface area (TPSA) is 89.1 Å². The van der Waals surface area contributed by atoms with Gasteiger partial charge in [0.1, 0.15) is 24.4 Å². The zero-order valence-electron chi connectivity index (χ0n) is 24.6. The fourth-order valence-corrected chi connectivity index (χ4v) is 5.32. The van der Waals surface area contributed by atoms with E-state index >= 15 is 4.39 Å². The Labute approximate surface area is 242 Å². The third-order valence-electron chi connectivity index (χ3n) is 7.67. The van der Waals surface area contributed by atoms with Crippen LogP contribution in [0.15, 0.2) is 36.9 Å². The van der Waals surface area contributed by atoms with Crippen LogP contribution in [0.25, 0.3) is 28.4 Å². The molecule has 1 saturated heterocycles. The Bertz CT molecular complexity index is 1600. The van der Waals surface area contributed by atoms with Gasteiger partial charge in [0.05, 0.1) is 34.2 Å². The first-order valence-electron chi connectivity index (χ1n) is 13.5. The second-order valence-electron chi connectivity index (χ2n) is 12.6. The second kappa shape index (κ2) is 10.5. The molecule has 4 aromatic rings. The molecule has 0 unspecified atom stereocenters. The van der Waals surface area contributed by atoms with Gasteiger partial charge < -0.3 is 14.0 Å². The third kappa shape index (κ3) is 5.74. The quantitative estimate of drug-likeness (QED) is 0.150. The van der Waals surface area contributed by atoms with Gasteiger partial charge in [-0.1, -0.05) is 19.6 Å². The molecular formula is C27H33BF4N6O3Si. The summed E-state index contributed by atoms with van der Waals surface area (Å²) in [7, 11) is -2.27. The average Bonchev–Trinajstić information content (AvgIpc) is 3.54. The lowest BCUT2D eigenvalue weighted by Gasteiger charge is -2.32. The van der Waals surface area contributed by atoms with Crippen LogP contribution in [0, 0.1) is 5.82 Å². The van der Waals surface area contributed by atoms with Gasteiger partial charge in [0.2, 0.25) is 5.82 Å². The monoisotopic (exact) mass is 604 g/mol. The maximum absolute atomic E-state index is 15.9. The SMILES string of the molecule is CC1(C)OB(c2cc(F)c3c(c2)nc(-c2nncn2-c2cnccc2C(F)(F)F)n3COCC[Si](C)(C)C)OC1(C)C. The zero-order valence-corrected chi connectivity index (χ0v) is 25.6. The summed E-state index contributed by atoms with van der Waals surface area (Å²) in [5, 5.41) is 7.96. The van der Waals surface area contributed by atoms with Crippen molar-refractivity contribution in [1.29, 1.82) is 0 Å². The highest BCUT2D eigenvalue weighted by atomic mass is 28.3. The standard InChI is InChI=1S/C27H33BF4N6O3Si/c1-25(2)26(3,4)41-28(40-25)17-12-19(29)22-20(13-17)35-23(38(22)16-39-10-11-42(5,6)7)24-36-34-15-37(24)21-14-33-9-8-18(21)27(30,31)32/h8-9,12-15H,10-11,16H2,1-7H3. The number of aromatic nitrogens is 6. The lowest BCUT2D eigenvalue weighted by molar-refractivity contribution is -0.137. The van der Waals surface area contributed by atoms with Gasteiger partial charge in [-0.05, 0) is 57.4 Å². The molecule has 0 radical (unpaired) electrons. The summed E-state index contributed by atoms with van der Waals surface area (Å²) in [6.07, 6.45) is -1.39. The maximum Gasteiger partial charge on any atom is 0.495 e. The molecule has 1 aliphatic rings. The van der Waals surface area contributed by atoms with Gasteiger partial charge in [-0.2, -0.15) is 13.2 Å². The van der Waals surface area contributed by atoms with Gasteiger partial charge in [0.25, 0.3) is 0 Å². The molecule has 0 saturated carbocycles. The fourth-order valence-electron chi connectivity index (χ4n) is 4.57. The van der Waals surface area contributed by atoms with Crippen LogP contribution < -0.4 is 5.46 Å². The van der Waals surface area contributed by atoms with E-state index in [9.17, 15) is 13.2 Å². The van der Waals surface area contributed by atoms with Crippen molar-refractivity contribution in [3.05, 3.63) is 48.3 Å². The number of fused-ring (bicyclic) bond motifs is 1. The van der Waals surface area contributed by atoms with E-state index in [1.807, 2.05) is 27.7 Å². The Morgan fingerprint density at radius 1 is 1.05 bits per heavy atom. The number of benzene rings is 1. The smallest absolute Gasteiger partial charge is 0.399 e. The van der Waals surface area contributed by atoms with E-state index in [2.05, 4.69) is 39.8 Å². The van der Waals surface area contributed by atoms with Gasteiger partial charge >= 0.3 is 13.3 Å². The number of halogens is 4. The molecule has 224 valence electrons. The summed E-state index contributed by atoms with van der Waals surface area (Å²) in [6.45, 7) is 14.5. The molecule has 9 nitrogen and oxygen atoms in total. The molecule has 42 heavy (non-hydrogen) atoms. The lowest BCUT2D eigenvalue weighted by Crippen LogP contribution is -2.41. The molecule has 0 atom stereocenters. The molecule has 5 rings (SSSR count). The number of ether oxygens (including phenoxy) is 1. The largest absolute Gasteiger partial charge is 0.495 e. The number of rotatable bonds is 8. The van der Waals surface area contributed by atoms with Gasteiger partial charge in [-0.15, -0.1) is 10.2 Å². The summed E-state index contributed by atoms with van der Waals surface area (Å²) in [5.74, 6) is -0.569. The summed E-state index contributed by atoms with van der Waals surface area (Å²) in [6, 6.07) is 4.71. The number of hydrogen-bond donors (Lipinski definition) is 0. The van der Waals surface area contributed by atoms with E-state index in [0.717, 1.165) is 35.4 Å². The first-order chi connectivity index (χ1) is 19.5. The lowest BCUT2D eigenvalue weighted by atomic mass is 9.79. The van der Waals surface area contributed by atoms with Crippen LogP contribution in [0.1, 0.15) is 33.3 Å². The minimum Gasteiger partial charge on any atom is -0.399 e. The van der Waals surface area contributed by atoms with Crippen LogP contribution in [0.3, 0.4) is 0 Å². The van der Waals surface area contributed by atoms with Gasteiger partial charge in [0.15, 0.2) is 5.82 Å². The molecule has 4 heterocycles. The van der Waals surface area contributed by atoms with Crippen LogP contribution in [-0.2, 0) is 27.0 Å². The fraction of sp³-hybridized carbons (Fsp3) is 0.481. The first kappa shape index (κ1) is 30.3. The number of hydrogen-bond acceptors (Lipinski definition) is 7. The van der Waals surface area contributed by atoms with E-state index in [1.54, 1.807) is 6.07 Å². The molecule has 15 heteroatoms. The molecule has 0 amide bonds. The first-order valence-corrected chi connectivity index (χ1v) is 17.2. The van der Waals surface area contributed by atoms with Crippen LogP contribution in [0.4, 0.5) is 17.6 Å². The van der Waals surface area contributed by atoms with E-state index in [0.29, 0.717) is 12.1 Å². The molecule has 3 aromatic heterocycles. The number of imidazole rings is 1. The van der Waals surface area contributed by atoms with E-state index in [4.69, 9.17) is 14.0 Å². The number of nitrogens with zero attached hydrogens (tertiary/aromatic N) is 6. The molecule has 1 aliphatic heterocycles. The number of alkyl halides is 3. The molecular weight excluding hydrogens is 571 g/mol. The van der Waals surface area contributed by atoms with Crippen LogP contribution in [0.2, 0.25) is 25.7 Å². The number of pyridine rings is 1. The van der Waals surface area contributed by atoms with Gasteiger partial charge in [0, 0.05) is 20.9 Å². The summed E-state index contributed by atoms with van der Waals surface area (Å²) < 4.78 is 78.4. The van der Waals surface area contributed by atoms with Crippen molar-refractivity contribution in [2.24, 2.45) is 0 Å². The Morgan fingerprint density at radius 3 is 2.38 bits per heavy atom. The van der Waals surface area contributed by atoms with E-state index in [-0.39, 0.29) is 35.1 Å². The Balaban J connectivity index is 1.63. The molecule has 0 bridgehead atoms. The van der Waals surface area contributed by atoms with Crippen molar-refractivity contribution >= 4 is 31.7 Å². The molecule has 0 aliphatic carbocycles. The Morgan fingerprint density at radius 2 is 1.74 bits per heavy atom. The molecule has 0 N–H and O–H groups in total. The molecule has 1 aromatic carbocycles. The van der Waals surface area contributed by atoms with Crippen LogP contribution in [0.5, 0.6) is 0 Å². The predicted molar refractivity (Wildman–Crippen MR) is 153 cm³/mol. The molecule has 1 fully saturated rings. The van der Waals surface area contributed by atoms with Gasteiger partial charge in [-0.25, -0.2) is 9.37 Å². The van der Waals surface area contributed by atoms with Crippen molar-refractivity contribution in [3.8, 4) is 17.3 Å². The highest BCUT2D eigenvalue weighted by molar-refractivity contribution is 6.76. The highest BCUT2D eigenvalue weighted by Crippen LogP contribution is 2.38. The summed E-state index contributed by atoms with van der Waals surface area (Å²) in [4.78, 5) is 8.52.